The van der Waals surface area contributed by atoms with Gasteiger partial charge < -0.3 is 15.2 Å². The van der Waals surface area contributed by atoms with E-state index in [2.05, 4.69) is 0 Å². The molecule has 0 radical (unpaired) electrons. The molecule has 0 saturated heterocycles. The molecule has 0 amide bonds. The van der Waals surface area contributed by atoms with Gasteiger partial charge in [-0.3, -0.25) is 0 Å². The number of methoxy groups -OCH3 is 1. The molecule has 0 fully saturated rings. The summed E-state index contributed by atoms with van der Waals surface area (Å²) in [5.74, 6) is 0.950. The molecular formula is C16H15ClFNO2. The number of rotatable bonds is 3. The van der Waals surface area contributed by atoms with Gasteiger partial charge in [0.15, 0.2) is 0 Å². The fourth-order valence-electron chi connectivity index (χ4n) is 2.58. The molecule has 5 heteroatoms. The molecule has 0 aliphatic carbocycles. The Balaban J connectivity index is 2.10. The Morgan fingerprint density at radius 2 is 2.19 bits per heavy atom. The first-order chi connectivity index (χ1) is 10.1. The summed E-state index contributed by atoms with van der Waals surface area (Å²) in [6.45, 7) is 0.434. The first kappa shape index (κ1) is 14.2. The van der Waals surface area contributed by atoms with E-state index in [-0.39, 0.29) is 11.9 Å². The van der Waals surface area contributed by atoms with E-state index < -0.39 is 0 Å². The minimum absolute atomic E-state index is 0.0536. The van der Waals surface area contributed by atoms with Crippen LogP contribution in [0.15, 0.2) is 30.3 Å². The van der Waals surface area contributed by atoms with Crippen LogP contribution in [0.5, 0.6) is 11.5 Å². The summed E-state index contributed by atoms with van der Waals surface area (Å²) in [5, 5.41) is 0.504. The molecule has 0 spiro atoms. The van der Waals surface area contributed by atoms with Crippen molar-refractivity contribution in [1.82, 2.24) is 0 Å². The van der Waals surface area contributed by atoms with Crippen LogP contribution in [0.25, 0.3) is 11.1 Å². The van der Waals surface area contributed by atoms with Crippen LogP contribution in [0.3, 0.4) is 0 Å². The molecule has 0 saturated carbocycles. The molecule has 1 aliphatic rings. The molecule has 3 rings (SSSR count). The Morgan fingerprint density at radius 3 is 2.90 bits per heavy atom. The number of fused-ring (bicyclic) bond motifs is 1. The maximum atomic E-state index is 13.5. The molecule has 1 heterocycles. The van der Waals surface area contributed by atoms with Gasteiger partial charge in [0.2, 0.25) is 0 Å². The molecule has 1 unspecified atom stereocenters. The van der Waals surface area contributed by atoms with Crippen LogP contribution in [-0.4, -0.2) is 19.8 Å². The smallest absolute Gasteiger partial charge is 0.141 e. The lowest BCUT2D eigenvalue weighted by molar-refractivity contribution is 0.241. The zero-order valence-electron chi connectivity index (χ0n) is 11.5. The Hall–Kier alpha value is -1.78. The van der Waals surface area contributed by atoms with Gasteiger partial charge in [0.25, 0.3) is 0 Å². The molecule has 2 aromatic carbocycles. The van der Waals surface area contributed by atoms with Gasteiger partial charge in [0, 0.05) is 24.1 Å². The van der Waals surface area contributed by atoms with E-state index in [0.29, 0.717) is 35.1 Å². The number of nitrogens with two attached hydrogens (primary N) is 1. The zero-order chi connectivity index (χ0) is 15.0. The van der Waals surface area contributed by atoms with Gasteiger partial charge >= 0.3 is 0 Å². The molecule has 1 atom stereocenters. The van der Waals surface area contributed by atoms with Crippen LogP contribution in [0.4, 0.5) is 4.39 Å². The Morgan fingerprint density at radius 1 is 1.38 bits per heavy atom. The van der Waals surface area contributed by atoms with E-state index in [1.54, 1.807) is 19.2 Å². The Kier molecular flexibility index (Phi) is 3.74. The van der Waals surface area contributed by atoms with Crippen molar-refractivity contribution < 1.29 is 13.9 Å². The Labute approximate surface area is 127 Å². The van der Waals surface area contributed by atoms with Crippen LogP contribution in [0, 0.1) is 5.82 Å². The van der Waals surface area contributed by atoms with Crippen molar-refractivity contribution in [3.63, 3.8) is 0 Å². The van der Waals surface area contributed by atoms with Gasteiger partial charge in [-0.05, 0) is 35.9 Å². The van der Waals surface area contributed by atoms with Gasteiger partial charge in [-0.15, -0.1) is 0 Å². The normalized spacial score (nSPS) is 16.5. The predicted molar refractivity (Wildman–Crippen MR) is 80.6 cm³/mol. The van der Waals surface area contributed by atoms with Crippen molar-refractivity contribution in [3.8, 4) is 22.6 Å². The summed E-state index contributed by atoms with van der Waals surface area (Å²) >= 11 is 6.28. The second-order valence-electron chi connectivity index (χ2n) is 4.97. The third-order valence-corrected chi connectivity index (χ3v) is 3.87. The summed E-state index contributed by atoms with van der Waals surface area (Å²) in [7, 11) is 1.55. The first-order valence-corrected chi connectivity index (χ1v) is 7.03. The fourth-order valence-corrected chi connectivity index (χ4v) is 2.86. The minimum Gasteiger partial charge on any atom is -0.496 e. The lowest BCUT2D eigenvalue weighted by atomic mass is 10.00. The highest BCUT2D eigenvalue weighted by Crippen LogP contribution is 2.41. The van der Waals surface area contributed by atoms with Gasteiger partial charge in [-0.25, -0.2) is 4.39 Å². The molecular weight excluding hydrogens is 293 g/mol. The van der Waals surface area contributed by atoms with Gasteiger partial charge in [0.1, 0.15) is 23.4 Å². The number of hydrogen-bond donors (Lipinski definition) is 1. The molecule has 3 nitrogen and oxygen atoms in total. The topological polar surface area (TPSA) is 44.5 Å². The lowest BCUT2D eigenvalue weighted by Crippen LogP contribution is -2.24. The zero-order valence-corrected chi connectivity index (χ0v) is 12.3. The standard InChI is InChI=1S/C16H15ClFNO2/c1-20-15-3-2-11(18)7-13(15)9-4-10-5-12(8-19)21-16(10)14(17)6-9/h2-4,6-7,12H,5,8,19H2,1H3. The van der Waals surface area contributed by atoms with Crippen molar-refractivity contribution in [2.75, 3.05) is 13.7 Å². The van der Waals surface area contributed by atoms with Crippen LogP contribution in [0.1, 0.15) is 5.56 Å². The summed E-state index contributed by atoms with van der Waals surface area (Å²) in [4.78, 5) is 0. The van der Waals surface area contributed by atoms with E-state index in [9.17, 15) is 4.39 Å². The number of halogens is 2. The number of ether oxygens (including phenoxy) is 2. The van der Waals surface area contributed by atoms with E-state index in [4.69, 9.17) is 26.8 Å². The summed E-state index contributed by atoms with van der Waals surface area (Å²) in [6, 6.07) is 8.12. The highest BCUT2D eigenvalue weighted by atomic mass is 35.5. The second kappa shape index (κ2) is 5.54. The van der Waals surface area contributed by atoms with Gasteiger partial charge in [0.05, 0.1) is 12.1 Å². The molecule has 21 heavy (non-hydrogen) atoms. The van der Waals surface area contributed by atoms with Crippen molar-refractivity contribution in [1.29, 1.82) is 0 Å². The van der Waals surface area contributed by atoms with Crippen molar-refractivity contribution in [3.05, 3.63) is 46.7 Å². The SMILES string of the molecule is COc1ccc(F)cc1-c1cc(Cl)c2c(c1)CC(CN)O2. The average molecular weight is 308 g/mol. The quantitative estimate of drug-likeness (QED) is 0.945. The molecule has 2 N–H and O–H groups in total. The van der Waals surface area contributed by atoms with Crippen LogP contribution in [-0.2, 0) is 6.42 Å². The predicted octanol–water partition coefficient (Wildman–Crippen LogP) is 3.42. The van der Waals surface area contributed by atoms with E-state index in [1.165, 1.54) is 12.1 Å². The molecule has 0 aromatic heterocycles. The third-order valence-electron chi connectivity index (χ3n) is 3.59. The molecule has 1 aliphatic heterocycles. The largest absolute Gasteiger partial charge is 0.496 e. The van der Waals surface area contributed by atoms with E-state index in [1.807, 2.05) is 6.07 Å². The maximum absolute atomic E-state index is 13.5. The van der Waals surface area contributed by atoms with Crippen LogP contribution in [0.2, 0.25) is 5.02 Å². The molecule has 2 aromatic rings. The summed E-state index contributed by atoms with van der Waals surface area (Å²) in [6.07, 6.45) is 0.652. The summed E-state index contributed by atoms with van der Waals surface area (Å²) in [5.41, 5.74) is 8.09. The van der Waals surface area contributed by atoms with Crippen molar-refractivity contribution >= 4 is 11.6 Å². The Bertz CT molecular complexity index is 690. The van der Waals surface area contributed by atoms with E-state index in [0.717, 1.165) is 11.1 Å². The minimum atomic E-state index is -0.321. The first-order valence-electron chi connectivity index (χ1n) is 6.65. The van der Waals surface area contributed by atoms with Crippen LogP contribution >= 0.6 is 11.6 Å². The van der Waals surface area contributed by atoms with Crippen molar-refractivity contribution in [2.45, 2.75) is 12.5 Å². The maximum Gasteiger partial charge on any atom is 0.141 e. The number of benzene rings is 2. The van der Waals surface area contributed by atoms with Crippen molar-refractivity contribution in [2.24, 2.45) is 5.73 Å². The van der Waals surface area contributed by atoms with Gasteiger partial charge in [-0.1, -0.05) is 11.6 Å². The second-order valence-corrected chi connectivity index (χ2v) is 5.38. The van der Waals surface area contributed by atoms with Gasteiger partial charge in [-0.2, -0.15) is 0 Å². The average Bonchev–Trinajstić information content (AvgIpc) is 2.91. The highest BCUT2D eigenvalue weighted by molar-refractivity contribution is 6.32. The lowest BCUT2D eigenvalue weighted by Gasteiger charge is -2.11. The monoisotopic (exact) mass is 307 g/mol. The molecule has 0 bridgehead atoms. The summed E-state index contributed by atoms with van der Waals surface area (Å²) < 4.78 is 24.5. The third kappa shape index (κ3) is 2.57. The number of hydrogen-bond acceptors (Lipinski definition) is 3. The highest BCUT2D eigenvalue weighted by Gasteiger charge is 2.25. The van der Waals surface area contributed by atoms with E-state index >= 15 is 0 Å². The molecule has 110 valence electrons. The fraction of sp³-hybridized carbons (Fsp3) is 0.250. The van der Waals surface area contributed by atoms with Crippen LogP contribution < -0.4 is 15.2 Å².